The van der Waals surface area contributed by atoms with Crippen LogP contribution < -0.4 is 5.32 Å². The summed E-state index contributed by atoms with van der Waals surface area (Å²) in [5.41, 5.74) is 0. The minimum Gasteiger partial charge on any atom is -0.381 e. The van der Waals surface area contributed by atoms with Crippen LogP contribution in [0.1, 0.15) is 25.7 Å². The van der Waals surface area contributed by atoms with Crippen molar-refractivity contribution in [2.75, 3.05) is 39.8 Å². The Morgan fingerprint density at radius 2 is 1.93 bits per heavy atom. The second-order valence-electron chi connectivity index (χ2n) is 4.92. The molecular weight excluding hydrogens is 188 g/mol. The topological polar surface area (TPSA) is 24.5 Å². The molecule has 1 saturated heterocycles. The summed E-state index contributed by atoms with van der Waals surface area (Å²) >= 11 is 0. The molecule has 3 heteroatoms. The van der Waals surface area contributed by atoms with Gasteiger partial charge in [0.1, 0.15) is 0 Å². The van der Waals surface area contributed by atoms with Gasteiger partial charge in [0.05, 0.1) is 6.10 Å². The highest BCUT2D eigenvalue weighted by atomic mass is 16.5. The van der Waals surface area contributed by atoms with E-state index in [0.29, 0.717) is 6.10 Å². The predicted molar refractivity (Wildman–Crippen MR) is 62.1 cm³/mol. The van der Waals surface area contributed by atoms with E-state index >= 15 is 0 Å². The van der Waals surface area contributed by atoms with E-state index in [1.807, 2.05) is 7.11 Å². The van der Waals surface area contributed by atoms with Gasteiger partial charge in [-0.05, 0) is 38.1 Å². The van der Waals surface area contributed by atoms with Crippen molar-refractivity contribution >= 4 is 0 Å². The van der Waals surface area contributed by atoms with Crippen LogP contribution in [0.4, 0.5) is 0 Å². The van der Waals surface area contributed by atoms with Crippen LogP contribution in [0.25, 0.3) is 0 Å². The Bertz CT molecular complexity index is 174. The molecular formula is C12H24N2O. The van der Waals surface area contributed by atoms with Crippen molar-refractivity contribution in [2.45, 2.75) is 31.8 Å². The molecule has 0 aromatic carbocycles. The molecule has 2 fully saturated rings. The fourth-order valence-corrected chi connectivity index (χ4v) is 2.23. The van der Waals surface area contributed by atoms with Gasteiger partial charge in [-0.3, -0.25) is 0 Å². The van der Waals surface area contributed by atoms with Gasteiger partial charge >= 0.3 is 0 Å². The molecule has 88 valence electrons. The summed E-state index contributed by atoms with van der Waals surface area (Å²) in [5, 5.41) is 3.55. The summed E-state index contributed by atoms with van der Waals surface area (Å²) in [6, 6.07) is 0. The zero-order valence-corrected chi connectivity index (χ0v) is 9.87. The number of methoxy groups -OCH3 is 1. The van der Waals surface area contributed by atoms with Gasteiger partial charge in [-0.15, -0.1) is 0 Å². The van der Waals surface area contributed by atoms with Crippen molar-refractivity contribution in [3.05, 3.63) is 0 Å². The lowest BCUT2D eigenvalue weighted by Gasteiger charge is -2.31. The molecule has 0 bridgehead atoms. The number of nitrogens with zero attached hydrogens (tertiary/aromatic N) is 1. The normalized spacial score (nSPS) is 24.6. The number of hydrogen-bond acceptors (Lipinski definition) is 3. The molecule has 0 unspecified atom stereocenters. The summed E-state index contributed by atoms with van der Waals surface area (Å²) in [5.74, 6) is 1.00. The predicted octanol–water partition coefficient (Wildman–Crippen LogP) is 1.10. The zero-order chi connectivity index (χ0) is 10.5. The highest BCUT2D eigenvalue weighted by molar-refractivity contribution is 4.76. The molecule has 1 heterocycles. The first-order valence-electron chi connectivity index (χ1n) is 6.34. The molecule has 0 amide bonds. The summed E-state index contributed by atoms with van der Waals surface area (Å²) in [7, 11) is 1.83. The van der Waals surface area contributed by atoms with E-state index in [1.165, 1.54) is 51.9 Å². The van der Waals surface area contributed by atoms with Crippen LogP contribution in [0.15, 0.2) is 0 Å². The minimum absolute atomic E-state index is 0.515. The molecule has 1 saturated carbocycles. The Kier molecular flexibility index (Phi) is 4.42. The first-order valence-corrected chi connectivity index (χ1v) is 6.34. The molecule has 0 atom stereocenters. The van der Waals surface area contributed by atoms with Crippen molar-refractivity contribution in [3.63, 3.8) is 0 Å². The number of likely N-dealkylation sites (tertiary alicyclic amines) is 1. The van der Waals surface area contributed by atoms with Gasteiger partial charge in [-0.25, -0.2) is 0 Å². The molecule has 0 aromatic heterocycles. The maximum absolute atomic E-state index is 5.36. The number of rotatable bonds is 6. The molecule has 3 nitrogen and oxygen atoms in total. The van der Waals surface area contributed by atoms with Gasteiger partial charge in [0.2, 0.25) is 0 Å². The van der Waals surface area contributed by atoms with E-state index in [1.54, 1.807) is 0 Å². The van der Waals surface area contributed by atoms with Crippen LogP contribution in [-0.4, -0.2) is 50.8 Å². The molecule has 0 aromatic rings. The van der Waals surface area contributed by atoms with Crippen LogP contribution in [0.5, 0.6) is 0 Å². The lowest BCUT2D eigenvalue weighted by atomic mass is 10.1. The maximum Gasteiger partial charge on any atom is 0.0595 e. The van der Waals surface area contributed by atoms with E-state index in [2.05, 4.69) is 10.2 Å². The summed E-state index contributed by atoms with van der Waals surface area (Å²) in [6.45, 7) is 6.04. The van der Waals surface area contributed by atoms with Crippen LogP contribution in [0, 0.1) is 5.92 Å². The number of hydrogen-bond donors (Lipinski definition) is 1. The van der Waals surface area contributed by atoms with Crippen molar-refractivity contribution in [2.24, 2.45) is 5.92 Å². The van der Waals surface area contributed by atoms with Crippen molar-refractivity contribution in [3.8, 4) is 0 Å². The Hall–Kier alpha value is -0.120. The third kappa shape index (κ3) is 4.09. The Balaban J connectivity index is 1.48. The molecule has 0 spiro atoms. The molecule has 2 aliphatic rings. The van der Waals surface area contributed by atoms with Gasteiger partial charge in [0, 0.05) is 33.3 Å². The second kappa shape index (κ2) is 5.83. The molecule has 15 heavy (non-hydrogen) atoms. The lowest BCUT2D eigenvalue weighted by molar-refractivity contribution is 0.0415. The fourth-order valence-electron chi connectivity index (χ4n) is 2.23. The first kappa shape index (κ1) is 11.4. The molecule has 2 rings (SSSR count). The van der Waals surface area contributed by atoms with Gasteiger partial charge in [0.15, 0.2) is 0 Å². The second-order valence-corrected chi connectivity index (χ2v) is 4.92. The average Bonchev–Trinajstić information content (AvgIpc) is 3.09. The van der Waals surface area contributed by atoms with E-state index < -0.39 is 0 Å². The number of piperidine rings is 1. The van der Waals surface area contributed by atoms with E-state index in [-0.39, 0.29) is 0 Å². The quantitative estimate of drug-likeness (QED) is 0.667. The summed E-state index contributed by atoms with van der Waals surface area (Å²) in [6.07, 6.45) is 5.83. The average molecular weight is 212 g/mol. The van der Waals surface area contributed by atoms with Gasteiger partial charge in [0.25, 0.3) is 0 Å². The van der Waals surface area contributed by atoms with Gasteiger partial charge in [-0.1, -0.05) is 0 Å². The maximum atomic E-state index is 5.36. The molecule has 1 N–H and O–H groups in total. The Morgan fingerprint density at radius 1 is 1.20 bits per heavy atom. The molecule has 1 aliphatic carbocycles. The van der Waals surface area contributed by atoms with Gasteiger partial charge in [-0.2, -0.15) is 0 Å². The van der Waals surface area contributed by atoms with E-state index in [0.717, 1.165) is 12.5 Å². The van der Waals surface area contributed by atoms with Crippen LogP contribution >= 0.6 is 0 Å². The molecule has 1 aliphatic heterocycles. The third-order valence-electron chi connectivity index (χ3n) is 3.60. The largest absolute Gasteiger partial charge is 0.381 e. The fraction of sp³-hybridized carbons (Fsp3) is 1.00. The SMILES string of the molecule is COC1CCN(CCNCC2CC2)CC1. The van der Waals surface area contributed by atoms with Crippen molar-refractivity contribution in [1.29, 1.82) is 0 Å². The van der Waals surface area contributed by atoms with Crippen LogP contribution in [0.3, 0.4) is 0 Å². The van der Waals surface area contributed by atoms with Crippen LogP contribution in [0.2, 0.25) is 0 Å². The number of ether oxygens (including phenoxy) is 1. The highest BCUT2D eigenvalue weighted by Crippen LogP contribution is 2.27. The summed E-state index contributed by atoms with van der Waals surface area (Å²) < 4.78 is 5.36. The number of nitrogens with one attached hydrogen (secondary N) is 1. The highest BCUT2D eigenvalue weighted by Gasteiger charge is 2.21. The Morgan fingerprint density at radius 3 is 2.53 bits per heavy atom. The van der Waals surface area contributed by atoms with Crippen molar-refractivity contribution < 1.29 is 4.74 Å². The standard InChI is InChI=1S/C12H24N2O/c1-15-12-4-7-14(8-5-12)9-6-13-10-11-2-3-11/h11-13H,2-10H2,1H3. The van der Waals surface area contributed by atoms with Crippen LogP contribution in [-0.2, 0) is 4.74 Å². The minimum atomic E-state index is 0.515. The monoisotopic (exact) mass is 212 g/mol. The van der Waals surface area contributed by atoms with Gasteiger partial charge < -0.3 is 15.0 Å². The summed E-state index contributed by atoms with van der Waals surface area (Å²) in [4.78, 5) is 2.55. The van der Waals surface area contributed by atoms with Crippen molar-refractivity contribution in [1.82, 2.24) is 10.2 Å². The first-order chi connectivity index (χ1) is 7.38. The third-order valence-corrected chi connectivity index (χ3v) is 3.60. The van der Waals surface area contributed by atoms with E-state index in [9.17, 15) is 0 Å². The smallest absolute Gasteiger partial charge is 0.0595 e. The Labute approximate surface area is 93.2 Å². The van der Waals surface area contributed by atoms with E-state index in [4.69, 9.17) is 4.74 Å². The molecule has 0 radical (unpaired) electrons. The zero-order valence-electron chi connectivity index (χ0n) is 9.87. The lowest BCUT2D eigenvalue weighted by Crippen LogP contribution is -2.40.